The van der Waals surface area contributed by atoms with Crippen LogP contribution < -0.4 is 0 Å². The number of rotatable bonds is 6. The predicted molar refractivity (Wildman–Crippen MR) is 61.3 cm³/mol. The molecular formula is C9H15O10P. The van der Waals surface area contributed by atoms with Gasteiger partial charge in [0.15, 0.2) is 5.76 Å². The molecule has 0 aromatic carbocycles. The number of aliphatic hydroxyl groups is 4. The van der Waals surface area contributed by atoms with Crippen LogP contribution in [0.15, 0.2) is 11.5 Å². The number of ether oxygens (including phenoxy) is 1. The van der Waals surface area contributed by atoms with E-state index >= 15 is 0 Å². The first-order valence-electron chi connectivity index (χ1n) is 5.40. The molecule has 11 heteroatoms. The molecule has 5 N–H and O–H groups in total. The van der Waals surface area contributed by atoms with E-state index in [1.54, 1.807) is 0 Å². The fourth-order valence-electron chi connectivity index (χ4n) is 1.40. The standard InChI is InChI=1S/C9H15O10P/c1-4(2)18-20(15,16)19-9(14,3-10)7-5(11)6(12)8(13)17-7/h4,7,10-12,14H,3H2,1-2H3,(H,15,16)/t7-,9+/m0/s1. The molecule has 0 aliphatic carbocycles. The number of cyclic esters (lactones) is 1. The molecule has 1 aliphatic rings. The molecule has 0 bridgehead atoms. The highest BCUT2D eigenvalue weighted by molar-refractivity contribution is 7.47. The zero-order chi connectivity index (χ0) is 15.7. The Morgan fingerprint density at radius 3 is 2.35 bits per heavy atom. The molecule has 0 saturated carbocycles. The van der Waals surface area contributed by atoms with Crippen LogP contribution in [0.1, 0.15) is 13.8 Å². The van der Waals surface area contributed by atoms with E-state index in [1.165, 1.54) is 13.8 Å². The van der Waals surface area contributed by atoms with Crippen LogP contribution in [0.3, 0.4) is 0 Å². The Hall–Kier alpha value is -1.16. The first kappa shape index (κ1) is 16.9. The van der Waals surface area contributed by atoms with E-state index < -0.39 is 49.9 Å². The zero-order valence-electron chi connectivity index (χ0n) is 10.6. The van der Waals surface area contributed by atoms with E-state index in [-0.39, 0.29) is 0 Å². The Kier molecular flexibility index (Phi) is 4.80. The molecule has 1 unspecified atom stereocenters. The molecule has 1 rings (SSSR count). The van der Waals surface area contributed by atoms with Crippen LogP contribution in [0, 0.1) is 0 Å². The molecule has 0 saturated heterocycles. The number of hydrogen-bond donors (Lipinski definition) is 5. The van der Waals surface area contributed by atoms with Crippen molar-refractivity contribution in [1.29, 1.82) is 0 Å². The Labute approximate surface area is 113 Å². The third-order valence-electron chi connectivity index (χ3n) is 2.16. The summed E-state index contributed by atoms with van der Waals surface area (Å²) in [5, 5.41) is 37.4. The van der Waals surface area contributed by atoms with E-state index in [2.05, 4.69) is 13.8 Å². The van der Waals surface area contributed by atoms with Crippen LogP contribution in [0.4, 0.5) is 0 Å². The van der Waals surface area contributed by atoms with E-state index in [0.29, 0.717) is 0 Å². The summed E-state index contributed by atoms with van der Waals surface area (Å²) >= 11 is 0. The van der Waals surface area contributed by atoms with Crippen molar-refractivity contribution >= 4 is 13.8 Å². The third-order valence-corrected chi connectivity index (χ3v) is 3.40. The van der Waals surface area contributed by atoms with Crippen molar-refractivity contribution in [2.45, 2.75) is 31.8 Å². The fourth-order valence-corrected chi connectivity index (χ4v) is 2.53. The first-order valence-corrected chi connectivity index (χ1v) is 6.90. The Morgan fingerprint density at radius 1 is 1.45 bits per heavy atom. The lowest BCUT2D eigenvalue weighted by atomic mass is 10.1. The summed E-state index contributed by atoms with van der Waals surface area (Å²) in [4.78, 5) is 20.4. The minimum Gasteiger partial charge on any atom is -0.505 e. The van der Waals surface area contributed by atoms with Crippen molar-refractivity contribution in [2.24, 2.45) is 0 Å². The summed E-state index contributed by atoms with van der Waals surface area (Å²) in [6.07, 6.45) is -2.83. The maximum atomic E-state index is 11.6. The lowest BCUT2D eigenvalue weighted by molar-refractivity contribution is -0.234. The SMILES string of the molecule is CC(C)OP(=O)(O)O[C@](O)(CO)[C@H]1OC(=O)C(O)=C1O. The van der Waals surface area contributed by atoms with Gasteiger partial charge in [-0.2, -0.15) is 0 Å². The first-order chi connectivity index (χ1) is 9.02. The maximum Gasteiger partial charge on any atom is 0.475 e. The molecule has 0 radical (unpaired) electrons. The van der Waals surface area contributed by atoms with Gasteiger partial charge in [0.2, 0.25) is 17.7 Å². The van der Waals surface area contributed by atoms with Crippen molar-refractivity contribution in [1.82, 2.24) is 0 Å². The fraction of sp³-hybridized carbons (Fsp3) is 0.667. The highest BCUT2D eigenvalue weighted by atomic mass is 31.2. The van der Waals surface area contributed by atoms with Gasteiger partial charge in [0.1, 0.15) is 6.61 Å². The number of hydrogen-bond acceptors (Lipinski definition) is 9. The van der Waals surface area contributed by atoms with Gasteiger partial charge < -0.3 is 30.1 Å². The maximum absolute atomic E-state index is 11.6. The Morgan fingerprint density at radius 2 is 2.00 bits per heavy atom. The molecule has 116 valence electrons. The van der Waals surface area contributed by atoms with Crippen LogP contribution in [0.2, 0.25) is 0 Å². The van der Waals surface area contributed by atoms with Crippen LogP contribution >= 0.6 is 7.82 Å². The topological polar surface area (TPSA) is 163 Å². The number of phosphoric acid groups is 1. The number of carbonyl (C=O) groups excluding carboxylic acids is 1. The quantitative estimate of drug-likeness (QED) is 0.244. The van der Waals surface area contributed by atoms with Gasteiger partial charge in [-0.25, -0.2) is 13.9 Å². The Bertz CT molecular complexity index is 471. The average Bonchev–Trinajstić information content (AvgIpc) is 2.55. The van der Waals surface area contributed by atoms with Crippen LogP contribution in [0.5, 0.6) is 0 Å². The van der Waals surface area contributed by atoms with Gasteiger partial charge in [0, 0.05) is 0 Å². The lowest BCUT2D eigenvalue weighted by Crippen LogP contribution is -2.49. The van der Waals surface area contributed by atoms with E-state index in [1.807, 2.05) is 0 Å². The van der Waals surface area contributed by atoms with Crippen LogP contribution in [-0.4, -0.2) is 55.9 Å². The second-order valence-electron chi connectivity index (χ2n) is 4.24. The molecule has 0 aromatic heterocycles. The molecule has 3 atom stereocenters. The highest BCUT2D eigenvalue weighted by Crippen LogP contribution is 2.49. The normalized spacial score (nSPS) is 25.5. The molecular weight excluding hydrogens is 299 g/mol. The molecule has 1 heterocycles. The van der Waals surface area contributed by atoms with Gasteiger partial charge in [-0.1, -0.05) is 0 Å². The van der Waals surface area contributed by atoms with Crippen LogP contribution in [-0.2, 0) is 23.1 Å². The van der Waals surface area contributed by atoms with E-state index in [4.69, 9.17) is 10.2 Å². The summed E-state index contributed by atoms with van der Waals surface area (Å²) in [6.45, 7) is 1.49. The van der Waals surface area contributed by atoms with E-state index in [9.17, 15) is 24.5 Å². The van der Waals surface area contributed by atoms with Gasteiger partial charge in [-0.15, -0.1) is 0 Å². The van der Waals surface area contributed by atoms with Gasteiger partial charge in [0.25, 0.3) is 0 Å². The van der Waals surface area contributed by atoms with Gasteiger partial charge in [0.05, 0.1) is 6.10 Å². The second-order valence-corrected chi connectivity index (χ2v) is 5.57. The number of esters is 1. The number of carbonyl (C=O) groups is 1. The van der Waals surface area contributed by atoms with Gasteiger partial charge in [-0.05, 0) is 13.8 Å². The monoisotopic (exact) mass is 314 g/mol. The van der Waals surface area contributed by atoms with Crippen molar-refractivity contribution in [2.75, 3.05) is 6.61 Å². The van der Waals surface area contributed by atoms with E-state index in [0.717, 1.165) is 0 Å². The minimum absolute atomic E-state index is 0.752. The smallest absolute Gasteiger partial charge is 0.475 e. The minimum atomic E-state index is -4.82. The summed E-state index contributed by atoms with van der Waals surface area (Å²) in [6, 6.07) is 0. The predicted octanol–water partition coefficient (Wildman–Crippen LogP) is -0.538. The highest BCUT2D eigenvalue weighted by Gasteiger charge is 2.53. The summed E-state index contributed by atoms with van der Waals surface area (Å²) in [7, 11) is -4.82. The zero-order valence-corrected chi connectivity index (χ0v) is 11.5. The molecule has 20 heavy (non-hydrogen) atoms. The van der Waals surface area contributed by atoms with Crippen molar-refractivity contribution in [3.8, 4) is 0 Å². The average molecular weight is 314 g/mol. The largest absolute Gasteiger partial charge is 0.505 e. The Balaban J connectivity index is 3.00. The number of phosphoric ester groups is 1. The van der Waals surface area contributed by atoms with Crippen molar-refractivity contribution in [3.63, 3.8) is 0 Å². The number of aliphatic hydroxyl groups excluding tert-OH is 3. The molecule has 1 aliphatic heterocycles. The summed E-state index contributed by atoms with van der Waals surface area (Å²) in [5.74, 6) is -6.71. The molecule has 10 nitrogen and oxygen atoms in total. The molecule has 0 aromatic rings. The lowest BCUT2D eigenvalue weighted by Gasteiger charge is -2.31. The van der Waals surface area contributed by atoms with Crippen LogP contribution in [0.25, 0.3) is 0 Å². The van der Waals surface area contributed by atoms with Gasteiger partial charge in [-0.3, -0.25) is 4.52 Å². The third kappa shape index (κ3) is 3.48. The molecule has 0 fully saturated rings. The molecule has 0 spiro atoms. The summed E-state index contributed by atoms with van der Waals surface area (Å²) < 4.78 is 24.8. The second kappa shape index (κ2) is 5.68. The van der Waals surface area contributed by atoms with Gasteiger partial charge >= 0.3 is 13.8 Å². The van der Waals surface area contributed by atoms with Crippen molar-refractivity contribution < 1.29 is 48.5 Å². The summed E-state index contributed by atoms with van der Waals surface area (Å²) in [5.41, 5.74) is 0. The molecule has 0 amide bonds. The van der Waals surface area contributed by atoms with Crippen molar-refractivity contribution in [3.05, 3.63) is 11.5 Å².